The van der Waals surface area contributed by atoms with Gasteiger partial charge in [0, 0.05) is 22.7 Å². The summed E-state index contributed by atoms with van der Waals surface area (Å²) in [6.45, 7) is 4.04. The molecule has 0 bridgehead atoms. The summed E-state index contributed by atoms with van der Waals surface area (Å²) in [5.74, 6) is -0.188. The van der Waals surface area contributed by atoms with Gasteiger partial charge in [-0.2, -0.15) is 0 Å². The van der Waals surface area contributed by atoms with E-state index in [0.29, 0.717) is 10.6 Å². The molecule has 2 aromatic rings. The summed E-state index contributed by atoms with van der Waals surface area (Å²) >= 11 is 1.47. The number of nitrogens with zero attached hydrogens (tertiary/aromatic N) is 1. The third-order valence-corrected chi connectivity index (χ3v) is 4.28. The third-order valence-electron chi connectivity index (χ3n) is 2.90. The van der Waals surface area contributed by atoms with Crippen LogP contribution >= 0.6 is 11.3 Å². The quantitative estimate of drug-likeness (QED) is 0.688. The summed E-state index contributed by atoms with van der Waals surface area (Å²) in [7, 11) is 0. The van der Waals surface area contributed by atoms with Gasteiger partial charge < -0.3 is 5.32 Å². The topological polar surface area (TPSA) is 72.2 Å². The molecule has 1 aromatic heterocycles. The highest BCUT2D eigenvalue weighted by Crippen LogP contribution is 2.23. The Balaban J connectivity index is 2.12. The van der Waals surface area contributed by atoms with E-state index in [-0.39, 0.29) is 11.6 Å². The van der Waals surface area contributed by atoms with Gasteiger partial charge in [-0.15, -0.1) is 11.3 Å². The second-order valence-electron chi connectivity index (χ2n) is 4.33. The number of amides is 1. The van der Waals surface area contributed by atoms with E-state index in [1.165, 1.54) is 40.5 Å². The van der Waals surface area contributed by atoms with Crippen molar-refractivity contribution >= 4 is 28.6 Å². The Morgan fingerprint density at radius 3 is 2.50 bits per heavy atom. The lowest BCUT2D eigenvalue weighted by Gasteiger charge is -2.02. The van der Waals surface area contributed by atoms with Gasteiger partial charge >= 0.3 is 0 Å². The summed E-state index contributed by atoms with van der Waals surface area (Å²) in [6, 6.07) is 7.65. The summed E-state index contributed by atoms with van der Waals surface area (Å²) < 4.78 is 0. The highest BCUT2D eigenvalue weighted by molar-refractivity contribution is 7.14. The smallest absolute Gasteiger partial charge is 0.269 e. The molecule has 1 N–H and O–H groups in total. The highest BCUT2D eigenvalue weighted by Gasteiger charge is 2.12. The monoisotopic (exact) mass is 290 g/mol. The first-order valence-corrected chi connectivity index (χ1v) is 6.98. The molecule has 0 aliphatic carbocycles. The Kier molecular flexibility index (Phi) is 4.14. The fraction of sp³-hybridized carbons (Fsp3) is 0.214. The van der Waals surface area contributed by atoms with Crippen LogP contribution in [0.15, 0.2) is 30.3 Å². The predicted octanol–water partition coefficient (Wildman–Crippen LogP) is 3.78. The molecule has 0 fully saturated rings. The molecular formula is C14H14N2O3S. The van der Waals surface area contributed by atoms with Gasteiger partial charge in [-0.05, 0) is 37.1 Å². The summed E-state index contributed by atoms with van der Waals surface area (Å²) in [4.78, 5) is 24.0. The van der Waals surface area contributed by atoms with Crippen molar-refractivity contribution in [3.05, 3.63) is 55.8 Å². The van der Waals surface area contributed by atoms with Crippen LogP contribution in [0.2, 0.25) is 0 Å². The molecule has 0 unspecified atom stereocenters. The van der Waals surface area contributed by atoms with E-state index in [4.69, 9.17) is 0 Å². The molecular weight excluding hydrogens is 276 g/mol. The Hall–Kier alpha value is -2.21. The van der Waals surface area contributed by atoms with Gasteiger partial charge in [0.2, 0.25) is 0 Å². The van der Waals surface area contributed by atoms with E-state index in [1.54, 1.807) is 0 Å². The standard InChI is InChI=1S/C14H14N2O3S/c1-3-12-9(2)8-13(20-12)14(17)15-10-4-6-11(7-5-10)16(18)19/h4-8H,3H2,1-2H3,(H,15,17). The number of nitrogens with one attached hydrogen (secondary N) is 1. The van der Waals surface area contributed by atoms with E-state index in [9.17, 15) is 14.9 Å². The zero-order valence-electron chi connectivity index (χ0n) is 11.2. The number of nitro groups is 1. The van der Waals surface area contributed by atoms with Crippen LogP contribution < -0.4 is 5.32 Å². The number of carbonyl (C=O) groups excluding carboxylic acids is 1. The Bertz CT molecular complexity index is 647. The minimum Gasteiger partial charge on any atom is -0.321 e. The minimum atomic E-state index is -0.470. The fourth-order valence-electron chi connectivity index (χ4n) is 1.84. The molecule has 20 heavy (non-hydrogen) atoms. The van der Waals surface area contributed by atoms with Crippen LogP contribution in [0.25, 0.3) is 0 Å². The number of aryl methyl sites for hydroxylation is 2. The molecule has 0 saturated heterocycles. The van der Waals surface area contributed by atoms with Crippen LogP contribution in [-0.2, 0) is 6.42 Å². The molecule has 0 spiro atoms. The maximum absolute atomic E-state index is 12.1. The molecule has 0 radical (unpaired) electrons. The Labute approximate surface area is 120 Å². The van der Waals surface area contributed by atoms with Crippen molar-refractivity contribution in [2.75, 3.05) is 5.32 Å². The molecule has 1 amide bonds. The second kappa shape index (κ2) is 5.83. The van der Waals surface area contributed by atoms with Crippen LogP contribution in [0.3, 0.4) is 0 Å². The number of hydrogen-bond acceptors (Lipinski definition) is 4. The number of nitro benzene ring substituents is 1. The van der Waals surface area contributed by atoms with Crippen molar-refractivity contribution in [3.8, 4) is 0 Å². The molecule has 1 heterocycles. The van der Waals surface area contributed by atoms with Crippen LogP contribution in [0.1, 0.15) is 27.0 Å². The number of benzene rings is 1. The molecule has 0 aliphatic rings. The molecule has 0 atom stereocenters. The van der Waals surface area contributed by atoms with Crippen molar-refractivity contribution in [2.45, 2.75) is 20.3 Å². The molecule has 6 heteroatoms. The number of hydrogen-bond donors (Lipinski definition) is 1. The van der Waals surface area contributed by atoms with Gasteiger partial charge in [-0.1, -0.05) is 6.92 Å². The van der Waals surface area contributed by atoms with E-state index in [2.05, 4.69) is 12.2 Å². The average Bonchev–Trinajstić information content (AvgIpc) is 2.80. The lowest BCUT2D eigenvalue weighted by atomic mass is 10.2. The zero-order valence-corrected chi connectivity index (χ0v) is 12.0. The van der Waals surface area contributed by atoms with Crippen molar-refractivity contribution in [2.24, 2.45) is 0 Å². The largest absolute Gasteiger partial charge is 0.321 e. The number of anilines is 1. The van der Waals surface area contributed by atoms with E-state index < -0.39 is 4.92 Å². The van der Waals surface area contributed by atoms with Crippen LogP contribution in [-0.4, -0.2) is 10.8 Å². The van der Waals surface area contributed by atoms with Crippen LogP contribution in [0.5, 0.6) is 0 Å². The van der Waals surface area contributed by atoms with Gasteiger partial charge in [0.25, 0.3) is 11.6 Å². The molecule has 5 nitrogen and oxygen atoms in total. The van der Waals surface area contributed by atoms with E-state index in [1.807, 2.05) is 13.0 Å². The van der Waals surface area contributed by atoms with Crippen LogP contribution in [0, 0.1) is 17.0 Å². The number of rotatable bonds is 4. The second-order valence-corrected chi connectivity index (χ2v) is 5.47. The molecule has 0 saturated carbocycles. The molecule has 1 aromatic carbocycles. The summed E-state index contributed by atoms with van der Waals surface area (Å²) in [5.41, 5.74) is 1.67. The van der Waals surface area contributed by atoms with E-state index >= 15 is 0 Å². The van der Waals surface area contributed by atoms with E-state index in [0.717, 1.165) is 12.0 Å². The van der Waals surface area contributed by atoms with Crippen molar-refractivity contribution < 1.29 is 9.72 Å². The SMILES string of the molecule is CCc1sc(C(=O)Nc2ccc([N+](=O)[O-])cc2)cc1C. The first-order chi connectivity index (χ1) is 9.51. The average molecular weight is 290 g/mol. The Morgan fingerprint density at radius 2 is 2.00 bits per heavy atom. The highest BCUT2D eigenvalue weighted by atomic mass is 32.1. The summed E-state index contributed by atoms with van der Waals surface area (Å²) in [6.07, 6.45) is 0.904. The lowest BCUT2D eigenvalue weighted by Crippen LogP contribution is -2.09. The number of thiophene rings is 1. The maximum atomic E-state index is 12.1. The van der Waals surface area contributed by atoms with Gasteiger partial charge in [0.15, 0.2) is 0 Å². The van der Waals surface area contributed by atoms with Gasteiger partial charge in [0.05, 0.1) is 9.80 Å². The maximum Gasteiger partial charge on any atom is 0.269 e. The Morgan fingerprint density at radius 1 is 1.35 bits per heavy atom. The number of non-ortho nitro benzene ring substituents is 1. The van der Waals surface area contributed by atoms with Crippen molar-refractivity contribution in [1.29, 1.82) is 0 Å². The minimum absolute atomic E-state index is 0.00300. The molecule has 0 aliphatic heterocycles. The lowest BCUT2D eigenvalue weighted by molar-refractivity contribution is -0.384. The first-order valence-electron chi connectivity index (χ1n) is 6.16. The fourth-order valence-corrected chi connectivity index (χ4v) is 2.85. The van der Waals surface area contributed by atoms with Gasteiger partial charge in [-0.3, -0.25) is 14.9 Å². The zero-order chi connectivity index (χ0) is 14.7. The third kappa shape index (κ3) is 3.03. The number of carbonyl (C=O) groups is 1. The van der Waals surface area contributed by atoms with Crippen molar-refractivity contribution in [3.63, 3.8) is 0 Å². The van der Waals surface area contributed by atoms with Gasteiger partial charge in [0.1, 0.15) is 0 Å². The molecule has 2 rings (SSSR count). The predicted molar refractivity (Wildman–Crippen MR) is 79.5 cm³/mol. The molecule has 104 valence electrons. The van der Waals surface area contributed by atoms with Gasteiger partial charge in [-0.25, -0.2) is 0 Å². The first kappa shape index (κ1) is 14.2. The normalized spacial score (nSPS) is 10.3. The van der Waals surface area contributed by atoms with Crippen molar-refractivity contribution in [1.82, 2.24) is 0 Å². The summed E-state index contributed by atoms with van der Waals surface area (Å²) in [5, 5.41) is 13.3. The van der Waals surface area contributed by atoms with Crippen LogP contribution in [0.4, 0.5) is 11.4 Å².